The van der Waals surface area contributed by atoms with E-state index in [1.165, 1.54) is 14.2 Å². The highest BCUT2D eigenvalue weighted by atomic mass is 32.1. The molecule has 0 aliphatic carbocycles. The van der Waals surface area contributed by atoms with Crippen molar-refractivity contribution in [2.24, 2.45) is 0 Å². The van der Waals surface area contributed by atoms with E-state index in [4.69, 9.17) is 26.1 Å². The highest BCUT2D eigenvalue weighted by Crippen LogP contribution is 2.27. The Morgan fingerprint density at radius 1 is 1.00 bits per heavy atom. The van der Waals surface area contributed by atoms with E-state index in [0.29, 0.717) is 29.4 Å². The summed E-state index contributed by atoms with van der Waals surface area (Å²) in [5.74, 6) is 1.33. The minimum atomic E-state index is -0.350. The van der Waals surface area contributed by atoms with Crippen LogP contribution in [0.1, 0.15) is 32.9 Å². The zero-order valence-electron chi connectivity index (χ0n) is 19.4. The van der Waals surface area contributed by atoms with Crippen molar-refractivity contribution in [2.45, 2.75) is 20.3 Å². The largest absolute Gasteiger partial charge is 0.493 e. The normalized spacial score (nSPS) is 10.7. The number of benzene rings is 3. The summed E-state index contributed by atoms with van der Waals surface area (Å²) >= 11 is 5.30. The fourth-order valence-corrected chi connectivity index (χ4v) is 3.90. The molecule has 0 unspecified atom stereocenters. The molecule has 0 saturated carbocycles. The zero-order chi connectivity index (χ0) is 24.2. The fraction of sp³-hybridized carbons (Fsp3) is 0.192. The fourth-order valence-electron chi connectivity index (χ4n) is 3.69. The quantitative estimate of drug-likeness (QED) is 0.372. The number of thiocarbonyl (C=S) groups is 1. The lowest BCUT2D eigenvalue weighted by atomic mass is 10.1. The lowest BCUT2D eigenvalue weighted by Crippen LogP contribution is -2.34. The number of aromatic nitrogens is 1. The maximum atomic E-state index is 12.5. The van der Waals surface area contributed by atoms with Gasteiger partial charge in [-0.3, -0.25) is 10.1 Å². The molecule has 0 bridgehead atoms. The van der Waals surface area contributed by atoms with Crippen molar-refractivity contribution in [3.8, 4) is 11.5 Å². The molecular formula is C26H25N3O4S. The monoisotopic (exact) mass is 475 g/mol. The van der Waals surface area contributed by atoms with Crippen molar-refractivity contribution in [3.63, 3.8) is 0 Å². The van der Waals surface area contributed by atoms with Gasteiger partial charge in [0.25, 0.3) is 5.91 Å². The number of carbonyl (C=O) groups excluding carboxylic acids is 1. The van der Waals surface area contributed by atoms with Gasteiger partial charge in [0.15, 0.2) is 28.1 Å². The third-order valence-corrected chi connectivity index (χ3v) is 5.51. The Hall–Kier alpha value is -3.91. The second-order valence-electron chi connectivity index (χ2n) is 7.89. The van der Waals surface area contributed by atoms with Crippen molar-refractivity contribution < 1.29 is 18.7 Å². The molecule has 0 atom stereocenters. The smallest absolute Gasteiger partial charge is 0.257 e. The van der Waals surface area contributed by atoms with Crippen LogP contribution in [-0.4, -0.2) is 30.2 Å². The molecule has 0 aliphatic rings. The molecule has 0 fully saturated rings. The van der Waals surface area contributed by atoms with Crippen molar-refractivity contribution in [2.75, 3.05) is 19.5 Å². The molecule has 0 aliphatic heterocycles. The first-order chi connectivity index (χ1) is 16.4. The van der Waals surface area contributed by atoms with E-state index in [0.717, 1.165) is 33.5 Å². The number of ether oxygens (including phenoxy) is 2. The number of hydrogen-bond acceptors (Lipinski definition) is 6. The number of oxazole rings is 1. The number of methoxy groups -OCH3 is 2. The van der Waals surface area contributed by atoms with Gasteiger partial charge in [0.1, 0.15) is 5.52 Å². The molecule has 3 aromatic carbocycles. The first-order valence-electron chi connectivity index (χ1n) is 10.7. The summed E-state index contributed by atoms with van der Waals surface area (Å²) < 4.78 is 16.4. The number of anilines is 1. The number of aryl methyl sites for hydroxylation is 2. The van der Waals surface area contributed by atoms with Gasteiger partial charge in [0.05, 0.1) is 14.2 Å². The number of nitrogens with zero attached hydrogens (tertiary/aromatic N) is 1. The molecule has 0 saturated heterocycles. The van der Waals surface area contributed by atoms with Crippen molar-refractivity contribution in [1.82, 2.24) is 10.3 Å². The van der Waals surface area contributed by atoms with Crippen LogP contribution in [0.15, 0.2) is 59.0 Å². The molecule has 2 N–H and O–H groups in total. The minimum Gasteiger partial charge on any atom is -0.493 e. The topological polar surface area (TPSA) is 85.6 Å². The number of nitrogens with one attached hydrogen (secondary N) is 2. The van der Waals surface area contributed by atoms with Crippen LogP contribution in [0.5, 0.6) is 11.5 Å². The highest BCUT2D eigenvalue weighted by Gasteiger charge is 2.13. The molecular weight excluding hydrogens is 450 g/mol. The summed E-state index contributed by atoms with van der Waals surface area (Å²) in [5, 5.41) is 5.89. The van der Waals surface area contributed by atoms with Gasteiger partial charge in [-0.25, -0.2) is 4.98 Å². The summed E-state index contributed by atoms with van der Waals surface area (Å²) in [4.78, 5) is 17.2. The molecule has 34 heavy (non-hydrogen) atoms. The first kappa shape index (κ1) is 23.3. The molecule has 0 spiro atoms. The van der Waals surface area contributed by atoms with Gasteiger partial charge in [0, 0.05) is 17.7 Å². The van der Waals surface area contributed by atoms with E-state index < -0.39 is 0 Å². The summed E-state index contributed by atoms with van der Waals surface area (Å²) in [5.41, 5.74) is 6.15. The van der Waals surface area contributed by atoms with Crippen LogP contribution in [0.2, 0.25) is 0 Å². The third-order valence-electron chi connectivity index (χ3n) is 5.30. The molecule has 1 aromatic heterocycles. The Morgan fingerprint density at radius 2 is 1.74 bits per heavy atom. The SMILES string of the molecule is COc1ccc(C(=O)NC(=S)Nc2ccc(Cc3nc4cc(C)cc(C)c4o3)cc2)cc1OC. The zero-order valence-corrected chi connectivity index (χ0v) is 20.2. The molecule has 4 rings (SSSR count). The molecule has 1 heterocycles. The van der Waals surface area contributed by atoms with Crippen molar-refractivity contribution in [3.05, 3.63) is 82.7 Å². The van der Waals surface area contributed by atoms with Crippen LogP contribution in [0.25, 0.3) is 11.1 Å². The Morgan fingerprint density at radius 3 is 2.44 bits per heavy atom. The molecule has 7 nitrogen and oxygen atoms in total. The van der Waals surface area contributed by atoms with Crippen LogP contribution >= 0.6 is 12.2 Å². The van der Waals surface area contributed by atoms with E-state index in [9.17, 15) is 4.79 Å². The van der Waals surface area contributed by atoms with Gasteiger partial charge in [0.2, 0.25) is 0 Å². The van der Waals surface area contributed by atoms with Gasteiger partial charge < -0.3 is 19.2 Å². The maximum absolute atomic E-state index is 12.5. The molecule has 174 valence electrons. The van der Waals surface area contributed by atoms with Gasteiger partial charge in [-0.05, 0) is 79.2 Å². The Balaban J connectivity index is 1.37. The number of carbonyl (C=O) groups is 1. The average molecular weight is 476 g/mol. The van der Waals surface area contributed by atoms with Crippen LogP contribution in [0.4, 0.5) is 5.69 Å². The van der Waals surface area contributed by atoms with E-state index in [2.05, 4.69) is 21.7 Å². The number of rotatable bonds is 6. The first-order valence-corrected chi connectivity index (χ1v) is 11.1. The van der Waals surface area contributed by atoms with Gasteiger partial charge in [-0.2, -0.15) is 0 Å². The van der Waals surface area contributed by atoms with Crippen molar-refractivity contribution in [1.29, 1.82) is 0 Å². The number of hydrogen-bond donors (Lipinski definition) is 2. The summed E-state index contributed by atoms with van der Waals surface area (Å²) in [6.45, 7) is 4.07. The molecule has 4 aromatic rings. The Kier molecular flexibility index (Phi) is 6.79. The highest BCUT2D eigenvalue weighted by molar-refractivity contribution is 7.80. The van der Waals surface area contributed by atoms with Gasteiger partial charge >= 0.3 is 0 Å². The lowest BCUT2D eigenvalue weighted by Gasteiger charge is -2.12. The lowest BCUT2D eigenvalue weighted by molar-refractivity contribution is 0.0977. The van der Waals surface area contributed by atoms with Crippen LogP contribution in [-0.2, 0) is 6.42 Å². The molecule has 8 heteroatoms. The summed E-state index contributed by atoms with van der Waals surface area (Å²) in [7, 11) is 3.05. The van der Waals surface area contributed by atoms with E-state index >= 15 is 0 Å². The second-order valence-corrected chi connectivity index (χ2v) is 8.30. The Labute approximate surface area is 203 Å². The van der Waals surface area contributed by atoms with Gasteiger partial charge in [-0.15, -0.1) is 0 Å². The summed E-state index contributed by atoms with van der Waals surface area (Å²) in [6.07, 6.45) is 0.577. The molecule has 1 amide bonds. The number of amides is 1. The molecule has 0 radical (unpaired) electrons. The average Bonchev–Trinajstić information content (AvgIpc) is 3.22. The van der Waals surface area contributed by atoms with E-state index in [1.54, 1.807) is 18.2 Å². The van der Waals surface area contributed by atoms with Crippen molar-refractivity contribution >= 4 is 40.0 Å². The van der Waals surface area contributed by atoms with Crippen LogP contribution in [0.3, 0.4) is 0 Å². The second kappa shape index (κ2) is 9.93. The number of fused-ring (bicyclic) bond motifs is 1. The predicted octanol–water partition coefficient (Wildman–Crippen LogP) is 5.18. The third kappa shape index (κ3) is 5.18. The Bertz CT molecular complexity index is 1360. The summed E-state index contributed by atoms with van der Waals surface area (Å²) in [6, 6.07) is 16.7. The predicted molar refractivity (Wildman–Crippen MR) is 136 cm³/mol. The van der Waals surface area contributed by atoms with Crippen LogP contribution in [0, 0.1) is 13.8 Å². The minimum absolute atomic E-state index is 0.192. The van der Waals surface area contributed by atoms with E-state index in [1.807, 2.05) is 44.2 Å². The standard InChI is InChI=1S/C26H25N3O4S/c1-15-11-16(2)24-20(12-15)28-23(33-24)13-17-5-8-19(9-6-17)27-26(34)29-25(30)18-7-10-21(31-3)22(14-18)32-4/h5-12,14H,13H2,1-4H3,(H2,27,29,30,34). The van der Waals surface area contributed by atoms with E-state index in [-0.39, 0.29) is 11.0 Å². The van der Waals surface area contributed by atoms with Gasteiger partial charge in [-0.1, -0.05) is 18.2 Å². The van der Waals surface area contributed by atoms with Crippen LogP contribution < -0.4 is 20.1 Å². The maximum Gasteiger partial charge on any atom is 0.257 e.